The normalized spacial score (nSPS) is 11.3. The van der Waals surface area contributed by atoms with Gasteiger partial charge in [-0.25, -0.2) is 0 Å². The van der Waals surface area contributed by atoms with Crippen LogP contribution < -0.4 is 9.47 Å². The van der Waals surface area contributed by atoms with Gasteiger partial charge in [-0.2, -0.15) is 0 Å². The van der Waals surface area contributed by atoms with Crippen LogP contribution in [-0.4, -0.2) is 14.2 Å². The second kappa shape index (κ2) is 7.48. The Hall–Kier alpha value is -2.74. The Kier molecular flexibility index (Phi) is 5.27. The fourth-order valence-electron chi connectivity index (χ4n) is 3.37. The molecule has 0 aliphatic carbocycles. The van der Waals surface area contributed by atoms with Crippen LogP contribution >= 0.6 is 0 Å². The van der Waals surface area contributed by atoms with Crippen molar-refractivity contribution in [1.29, 1.82) is 0 Å². The second-order valence-corrected chi connectivity index (χ2v) is 7.92. The minimum atomic E-state index is 0.0246. The summed E-state index contributed by atoms with van der Waals surface area (Å²) in [6.07, 6.45) is 0. The Morgan fingerprint density at radius 3 is 1.67 bits per heavy atom. The van der Waals surface area contributed by atoms with E-state index in [1.807, 2.05) is 12.1 Å². The monoisotopic (exact) mass is 360 g/mol. The SMILES string of the molecule is COc1ccc(-c2ccc(-c3cc(C(C)(C)C)c(OC)cc3C)cc2)cc1. The van der Waals surface area contributed by atoms with Crippen molar-refractivity contribution in [2.75, 3.05) is 14.2 Å². The summed E-state index contributed by atoms with van der Waals surface area (Å²) in [6.45, 7) is 8.80. The van der Waals surface area contributed by atoms with Crippen molar-refractivity contribution < 1.29 is 9.47 Å². The summed E-state index contributed by atoms with van der Waals surface area (Å²) >= 11 is 0. The molecule has 0 aromatic heterocycles. The van der Waals surface area contributed by atoms with Gasteiger partial charge >= 0.3 is 0 Å². The van der Waals surface area contributed by atoms with Gasteiger partial charge < -0.3 is 9.47 Å². The van der Waals surface area contributed by atoms with E-state index in [9.17, 15) is 0 Å². The Morgan fingerprint density at radius 2 is 1.19 bits per heavy atom. The lowest BCUT2D eigenvalue weighted by atomic mass is 9.83. The Bertz CT molecular complexity index is 914. The van der Waals surface area contributed by atoms with E-state index < -0.39 is 0 Å². The van der Waals surface area contributed by atoms with Crippen LogP contribution in [0.15, 0.2) is 60.7 Å². The molecule has 0 atom stereocenters. The topological polar surface area (TPSA) is 18.5 Å². The molecule has 3 aromatic carbocycles. The first-order chi connectivity index (χ1) is 12.8. The lowest BCUT2D eigenvalue weighted by Crippen LogP contribution is -2.13. The van der Waals surface area contributed by atoms with Gasteiger partial charge in [0.15, 0.2) is 0 Å². The summed E-state index contributed by atoms with van der Waals surface area (Å²) in [4.78, 5) is 0. The summed E-state index contributed by atoms with van der Waals surface area (Å²) in [6, 6.07) is 21.3. The summed E-state index contributed by atoms with van der Waals surface area (Å²) < 4.78 is 10.9. The molecule has 0 spiro atoms. The van der Waals surface area contributed by atoms with E-state index in [0.717, 1.165) is 11.5 Å². The molecule has 0 radical (unpaired) electrons. The van der Waals surface area contributed by atoms with Crippen molar-refractivity contribution in [3.05, 3.63) is 71.8 Å². The minimum Gasteiger partial charge on any atom is -0.497 e. The van der Waals surface area contributed by atoms with E-state index in [2.05, 4.69) is 76.2 Å². The molecule has 2 heteroatoms. The molecule has 0 aliphatic rings. The molecule has 27 heavy (non-hydrogen) atoms. The minimum absolute atomic E-state index is 0.0246. The van der Waals surface area contributed by atoms with Gasteiger partial charge in [0.25, 0.3) is 0 Å². The van der Waals surface area contributed by atoms with Gasteiger partial charge in [0, 0.05) is 5.56 Å². The van der Waals surface area contributed by atoms with Gasteiger partial charge in [0.2, 0.25) is 0 Å². The number of ether oxygens (including phenoxy) is 2. The first-order valence-electron chi connectivity index (χ1n) is 9.27. The molecule has 0 aliphatic heterocycles. The van der Waals surface area contributed by atoms with E-state index in [-0.39, 0.29) is 5.41 Å². The third kappa shape index (κ3) is 4.00. The van der Waals surface area contributed by atoms with Crippen LogP contribution in [0, 0.1) is 6.92 Å². The second-order valence-electron chi connectivity index (χ2n) is 7.92. The summed E-state index contributed by atoms with van der Waals surface area (Å²) in [5, 5.41) is 0. The molecule has 0 fully saturated rings. The molecule has 0 saturated heterocycles. The quantitative estimate of drug-likeness (QED) is 0.519. The van der Waals surface area contributed by atoms with Crippen molar-refractivity contribution >= 4 is 0 Å². The van der Waals surface area contributed by atoms with Crippen LogP contribution in [-0.2, 0) is 5.41 Å². The van der Waals surface area contributed by atoms with Gasteiger partial charge in [0.1, 0.15) is 11.5 Å². The number of rotatable bonds is 4. The molecule has 140 valence electrons. The number of hydrogen-bond acceptors (Lipinski definition) is 2. The van der Waals surface area contributed by atoms with Crippen molar-refractivity contribution in [1.82, 2.24) is 0 Å². The maximum Gasteiger partial charge on any atom is 0.122 e. The van der Waals surface area contributed by atoms with Gasteiger partial charge in [-0.3, -0.25) is 0 Å². The van der Waals surface area contributed by atoms with Crippen molar-refractivity contribution in [2.24, 2.45) is 0 Å². The Labute approximate surface area is 162 Å². The Morgan fingerprint density at radius 1 is 0.667 bits per heavy atom. The van der Waals surface area contributed by atoms with Crippen molar-refractivity contribution in [2.45, 2.75) is 33.1 Å². The molecule has 3 aromatic rings. The highest BCUT2D eigenvalue weighted by molar-refractivity contribution is 5.74. The van der Waals surface area contributed by atoms with Crippen LogP contribution in [0.25, 0.3) is 22.3 Å². The molecule has 0 N–H and O–H groups in total. The predicted octanol–water partition coefficient (Wildman–Crippen LogP) is 6.64. The smallest absolute Gasteiger partial charge is 0.122 e. The highest BCUT2D eigenvalue weighted by Crippen LogP contribution is 2.37. The maximum atomic E-state index is 5.63. The van der Waals surface area contributed by atoms with Gasteiger partial charge in [0.05, 0.1) is 14.2 Å². The van der Waals surface area contributed by atoms with Crippen LogP contribution in [0.5, 0.6) is 11.5 Å². The lowest BCUT2D eigenvalue weighted by molar-refractivity contribution is 0.397. The zero-order chi connectivity index (χ0) is 19.6. The van der Waals surface area contributed by atoms with Crippen LogP contribution in [0.2, 0.25) is 0 Å². The number of methoxy groups -OCH3 is 2. The van der Waals surface area contributed by atoms with Crippen LogP contribution in [0.4, 0.5) is 0 Å². The van der Waals surface area contributed by atoms with E-state index in [4.69, 9.17) is 9.47 Å². The lowest BCUT2D eigenvalue weighted by Gasteiger charge is -2.24. The molecule has 2 nitrogen and oxygen atoms in total. The molecular formula is C25H28O2. The fourth-order valence-corrected chi connectivity index (χ4v) is 3.37. The standard InChI is InChI=1S/C25H28O2/c1-17-15-24(27-6)23(25(2,3)4)16-22(17)20-9-7-18(8-10-20)19-11-13-21(26-5)14-12-19/h7-16H,1-6H3. The maximum absolute atomic E-state index is 5.63. The molecule has 0 saturated carbocycles. The van der Waals surface area contributed by atoms with Crippen molar-refractivity contribution in [3.8, 4) is 33.8 Å². The average Bonchev–Trinajstić information content (AvgIpc) is 2.67. The number of benzene rings is 3. The molecule has 0 bridgehead atoms. The number of hydrogen-bond donors (Lipinski definition) is 0. The fraction of sp³-hybridized carbons (Fsp3) is 0.280. The zero-order valence-corrected chi connectivity index (χ0v) is 17.1. The third-order valence-corrected chi connectivity index (χ3v) is 4.97. The predicted molar refractivity (Wildman–Crippen MR) is 114 cm³/mol. The zero-order valence-electron chi connectivity index (χ0n) is 17.1. The van der Waals surface area contributed by atoms with E-state index >= 15 is 0 Å². The van der Waals surface area contributed by atoms with E-state index in [1.54, 1.807) is 14.2 Å². The van der Waals surface area contributed by atoms with Gasteiger partial charge in [-0.05, 0) is 64.4 Å². The molecule has 0 unspecified atom stereocenters. The van der Waals surface area contributed by atoms with Crippen LogP contribution in [0.1, 0.15) is 31.9 Å². The molecule has 0 amide bonds. The van der Waals surface area contributed by atoms with Gasteiger partial charge in [-0.15, -0.1) is 0 Å². The molecular weight excluding hydrogens is 332 g/mol. The van der Waals surface area contributed by atoms with E-state index in [0.29, 0.717) is 0 Å². The first kappa shape index (κ1) is 19.0. The summed E-state index contributed by atoms with van der Waals surface area (Å²) in [5.74, 6) is 1.83. The first-order valence-corrected chi connectivity index (χ1v) is 9.27. The largest absolute Gasteiger partial charge is 0.497 e. The van der Waals surface area contributed by atoms with Gasteiger partial charge in [-0.1, -0.05) is 57.2 Å². The molecule has 0 heterocycles. The highest BCUT2D eigenvalue weighted by atomic mass is 16.5. The van der Waals surface area contributed by atoms with Crippen LogP contribution in [0.3, 0.4) is 0 Å². The summed E-state index contributed by atoms with van der Waals surface area (Å²) in [5.41, 5.74) is 7.33. The third-order valence-electron chi connectivity index (χ3n) is 4.97. The molecule has 3 rings (SSSR count). The summed E-state index contributed by atoms with van der Waals surface area (Å²) in [7, 11) is 3.43. The van der Waals surface area contributed by atoms with E-state index in [1.165, 1.54) is 33.4 Å². The highest BCUT2D eigenvalue weighted by Gasteiger charge is 2.21. The Balaban J connectivity index is 1.99. The van der Waals surface area contributed by atoms with Crippen molar-refractivity contribution in [3.63, 3.8) is 0 Å². The number of aryl methyl sites for hydroxylation is 1. The average molecular weight is 360 g/mol.